The van der Waals surface area contributed by atoms with Gasteiger partial charge in [-0.05, 0) is 47.1 Å². The Morgan fingerprint density at radius 1 is 1.24 bits per heavy atom. The van der Waals surface area contributed by atoms with Crippen molar-refractivity contribution in [3.63, 3.8) is 0 Å². The molecular weight excluding hydrogens is 408 g/mol. The van der Waals surface area contributed by atoms with E-state index in [1.165, 1.54) is 0 Å². The summed E-state index contributed by atoms with van der Waals surface area (Å²) >= 11 is 0. The number of benzene rings is 1. The van der Waals surface area contributed by atoms with Crippen molar-refractivity contribution in [1.82, 2.24) is 15.3 Å². The SMILES string of the molecule is [N-]=[N+]=NN(CCCCNC(=O)CCSSc1ccccn1)Cc1ccccc1O. The second-order valence-corrected chi connectivity index (χ2v) is 8.51. The van der Waals surface area contributed by atoms with Gasteiger partial charge in [0.05, 0.1) is 6.54 Å². The van der Waals surface area contributed by atoms with Crippen molar-refractivity contribution < 1.29 is 9.90 Å². The number of nitrogens with one attached hydrogen (secondary N) is 1. The van der Waals surface area contributed by atoms with Crippen LogP contribution in [0.3, 0.4) is 0 Å². The van der Waals surface area contributed by atoms with E-state index in [1.807, 2.05) is 24.3 Å². The molecule has 8 nitrogen and oxygen atoms in total. The predicted octanol–water partition coefficient (Wildman–Crippen LogP) is 4.54. The second-order valence-electron chi connectivity index (χ2n) is 6.08. The molecule has 1 amide bonds. The maximum absolute atomic E-state index is 11.9. The number of nitrogens with zero attached hydrogens (tertiary/aromatic N) is 5. The van der Waals surface area contributed by atoms with E-state index < -0.39 is 0 Å². The molecule has 0 saturated carbocycles. The van der Waals surface area contributed by atoms with E-state index in [-0.39, 0.29) is 11.7 Å². The molecule has 0 bridgehead atoms. The molecule has 2 aromatic rings. The number of aromatic nitrogens is 1. The summed E-state index contributed by atoms with van der Waals surface area (Å²) in [5.41, 5.74) is 9.43. The maximum Gasteiger partial charge on any atom is 0.220 e. The fourth-order valence-corrected chi connectivity index (χ4v) is 4.29. The van der Waals surface area contributed by atoms with Crippen molar-refractivity contribution in [3.05, 3.63) is 64.7 Å². The van der Waals surface area contributed by atoms with E-state index in [2.05, 4.69) is 20.4 Å². The fourth-order valence-electron chi connectivity index (χ4n) is 2.42. The third-order valence-corrected chi connectivity index (χ3v) is 6.14. The first-order chi connectivity index (χ1) is 14.2. The molecule has 0 fully saturated rings. The summed E-state index contributed by atoms with van der Waals surface area (Å²) in [4.78, 5) is 18.9. The zero-order valence-electron chi connectivity index (χ0n) is 16.0. The third-order valence-electron chi connectivity index (χ3n) is 3.87. The summed E-state index contributed by atoms with van der Waals surface area (Å²) in [5.74, 6) is 0.926. The number of unbranched alkanes of at least 4 members (excludes halogenated alkanes) is 1. The van der Waals surface area contributed by atoms with E-state index in [1.54, 1.807) is 51.0 Å². The molecule has 0 radical (unpaired) electrons. The van der Waals surface area contributed by atoms with Crippen molar-refractivity contribution in [3.8, 4) is 5.75 Å². The molecule has 2 rings (SSSR count). The Hall–Kier alpha value is -2.55. The Kier molecular flexibility index (Phi) is 10.7. The lowest BCUT2D eigenvalue weighted by Gasteiger charge is -2.14. The number of amides is 1. The second kappa shape index (κ2) is 13.6. The summed E-state index contributed by atoms with van der Waals surface area (Å²) < 4.78 is 0. The average molecular weight is 433 g/mol. The van der Waals surface area contributed by atoms with Gasteiger partial charge in [-0.25, -0.2) is 9.99 Å². The van der Waals surface area contributed by atoms with Gasteiger partial charge < -0.3 is 10.4 Å². The van der Waals surface area contributed by atoms with Crippen LogP contribution in [-0.2, 0) is 11.3 Å². The number of carbonyl (C=O) groups is 1. The van der Waals surface area contributed by atoms with Crippen LogP contribution in [0.2, 0.25) is 0 Å². The largest absolute Gasteiger partial charge is 0.508 e. The van der Waals surface area contributed by atoms with Gasteiger partial charge in [0.2, 0.25) is 5.91 Å². The molecule has 29 heavy (non-hydrogen) atoms. The third kappa shape index (κ3) is 9.47. The van der Waals surface area contributed by atoms with Gasteiger partial charge in [-0.3, -0.25) is 4.79 Å². The van der Waals surface area contributed by atoms with Gasteiger partial charge in [-0.2, -0.15) is 4.91 Å². The van der Waals surface area contributed by atoms with Gasteiger partial charge in [-0.1, -0.05) is 35.1 Å². The van der Waals surface area contributed by atoms with E-state index >= 15 is 0 Å². The van der Waals surface area contributed by atoms with Gasteiger partial charge in [-0.15, -0.1) is 5.53 Å². The Labute approximate surface area is 178 Å². The Morgan fingerprint density at radius 3 is 2.83 bits per heavy atom. The number of phenolic OH excluding ortho intramolecular Hbond substituents is 1. The standard InChI is InChI=1S/C19H24N6O2S2/c20-23-24-25(15-16-7-1-2-8-17(16)26)13-6-5-11-21-18(27)10-14-28-29-19-9-3-4-12-22-19/h1-4,7-9,12,26H,5-6,10-11,13-15H2,(H,21,27). The molecule has 0 spiro atoms. The minimum Gasteiger partial charge on any atom is -0.508 e. The van der Waals surface area contributed by atoms with E-state index in [9.17, 15) is 9.90 Å². The van der Waals surface area contributed by atoms with Crippen LogP contribution < -0.4 is 5.32 Å². The summed E-state index contributed by atoms with van der Waals surface area (Å²) in [5, 5.41) is 18.9. The van der Waals surface area contributed by atoms with Crippen LogP contribution >= 0.6 is 21.6 Å². The highest BCUT2D eigenvalue weighted by Gasteiger charge is 2.09. The molecule has 0 aliphatic rings. The Morgan fingerprint density at radius 2 is 2.07 bits per heavy atom. The number of pyridine rings is 1. The lowest BCUT2D eigenvalue weighted by Crippen LogP contribution is -2.25. The molecule has 0 saturated heterocycles. The molecule has 0 aliphatic heterocycles. The summed E-state index contributed by atoms with van der Waals surface area (Å²) in [7, 11) is 3.18. The van der Waals surface area contributed by atoms with Crippen LogP contribution in [0.5, 0.6) is 5.75 Å². The fraction of sp³-hybridized carbons (Fsp3) is 0.368. The minimum atomic E-state index is 0.0280. The summed E-state index contributed by atoms with van der Waals surface area (Å²) in [6.07, 6.45) is 3.75. The van der Waals surface area contributed by atoms with Crippen molar-refractivity contribution in [2.75, 3.05) is 18.8 Å². The zero-order chi connectivity index (χ0) is 20.7. The highest BCUT2D eigenvalue weighted by atomic mass is 33.1. The highest BCUT2D eigenvalue weighted by Crippen LogP contribution is 2.29. The van der Waals surface area contributed by atoms with Crippen LogP contribution in [-0.4, -0.2) is 39.8 Å². The smallest absolute Gasteiger partial charge is 0.220 e. The molecule has 0 aliphatic carbocycles. The lowest BCUT2D eigenvalue weighted by atomic mass is 10.2. The Balaban J connectivity index is 1.56. The van der Waals surface area contributed by atoms with Gasteiger partial charge >= 0.3 is 0 Å². The van der Waals surface area contributed by atoms with Crippen LogP contribution in [0.15, 0.2) is 58.9 Å². The number of hydrogen-bond acceptors (Lipinski definition) is 6. The molecule has 2 N–H and O–H groups in total. The first-order valence-electron chi connectivity index (χ1n) is 9.23. The van der Waals surface area contributed by atoms with E-state index in [4.69, 9.17) is 5.53 Å². The molecule has 1 heterocycles. The number of phenols is 1. The van der Waals surface area contributed by atoms with Crippen LogP contribution in [0, 0.1) is 0 Å². The normalized spacial score (nSPS) is 10.2. The van der Waals surface area contributed by atoms with Crippen LogP contribution in [0.4, 0.5) is 0 Å². The van der Waals surface area contributed by atoms with Crippen molar-refractivity contribution in [2.45, 2.75) is 30.8 Å². The van der Waals surface area contributed by atoms with Crippen LogP contribution in [0.25, 0.3) is 10.4 Å². The average Bonchev–Trinajstić information content (AvgIpc) is 2.73. The molecule has 0 atom stereocenters. The van der Waals surface area contributed by atoms with Gasteiger partial charge in [0.15, 0.2) is 0 Å². The first kappa shape index (κ1) is 22.7. The number of para-hydroxylation sites is 1. The monoisotopic (exact) mass is 432 g/mol. The van der Waals surface area contributed by atoms with Gasteiger partial charge in [0.1, 0.15) is 17.3 Å². The molecule has 10 heteroatoms. The van der Waals surface area contributed by atoms with Crippen molar-refractivity contribution in [2.24, 2.45) is 5.22 Å². The lowest BCUT2D eigenvalue weighted by molar-refractivity contribution is -0.120. The van der Waals surface area contributed by atoms with Crippen molar-refractivity contribution in [1.29, 1.82) is 0 Å². The maximum atomic E-state index is 11.9. The highest BCUT2D eigenvalue weighted by molar-refractivity contribution is 8.76. The van der Waals surface area contributed by atoms with Crippen LogP contribution in [0.1, 0.15) is 24.8 Å². The Bertz CT molecular complexity index is 802. The molecule has 1 aromatic carbocycles. The first-order valence-corrected chi connectivity index (χ1v) is 11.5. The zero-order valence-corrected chi connectivity index (χ0v) is 17.6. The molecule has 1 aromatic heterocycles. The number of azide groups is 1. The molecule has 0 unspecified atom stereocenters. The molecule has 154 valence electrons. The molecular formula is C19H24N6O2S2. The van der Waals surface area contributed by atoms with E-state index in [0.29, 0.717) is 31.6 Å². The van der Waals surface area contributed by atoms with E-state index in [0.717, 1.165) is 23.6 Å². The minimum absolute atomic E-state index is 0.0280. The summed E-state index contributed by atoms with van der Waals surface area (Å²) in [6.45, 7) is 1.47. The number of aromatic hydroxyl groups is 1. The quantitative estimate of drug-likeness (QED) is 0.120. The number of hydrogen-bond donors (Lipinski definition) is 2. The van der Waals surface area contributed by atoms with Gasteiger partial charge in [0.25, 0.3) is 0 Å². The summed E-state index contributed by atoms with van der Waals surface area (Å²) in [6, 6.07) is 12.7. The number of carbonyl (C=O) groups excluding carboxylic acids is 1. The van der Waals surface area contributed by atoms with Crippen molar-refractivity contribution >= 4 is 27.5 Å². The predicted molar refractivity (Wildman–Crippen MR) is 117 cm³/mol. The van der Waals surface area contributed by atoms with Gasteiger partial charge in [0, 0.05) is 30.5 Å². The topological polar surface area (TPSA) is 114 Å². The number of rotatable bonds is 13.